The van der Waals surface area contributed by atoms with E-state index in [1.807, 2.05) is 6.20 Å². The molecule has 2 heterocycles. The van der Waals surface area contributed by atoms with E-state index in [1.165, 1.54) is 46.7 Å². The average Bonchev–Trinajstić information content (AvgIpc) is 3.56. The van der Waals surface area contributed by atoms with Crippen LogP contribution in [0.25, 0.3) is 10.8 Å². The number of rotatable bonds is 4. The first-order valence-electron chi connectivity index (χ1n) is 10.5. The van der Waals surface area contributed by atoms with E-state index in [9.17, 15) is 9.59 Å². The third-order valence-electron chi connectivity index (χ3n) is 6.28. The smallest absolute Gasteiger partial charge is 0.274 e. The monoisotopic (exact) mass is 390 g/mol. The van der Waals surface area contributed by atoms with Gasteiger partial charge >= 0.3 is 0 Å². The molecule has 6 heteroatoms. The van der Waals surface area contributed by atoms with Gasteiger partial charge in [0.05, 0.1) is 11.4 Å². The number of aryl methyl sites for hydroxylation is 3. The number of nitrogens with zero attached hydrogens (tertiary/aromatic N) is 3. The quantitative estimate of drug-likeness (QED) is 0.740. The molecule has 1 fully saturated rings. The highest BCUT2D eigenvalue weighted by molar-refractivity contribution is 5.90. The molecule has 3 aromatic rings. The lowest BCUT2D eigenvalue weighted by Gasteiger charge is -2.21. The minimum atomic E-state index is -0.243. The maximum atomic E-state index is 12.6. The fourth-order valence-corrected chi connectivity index (χ4v) is 4.39. The summed E-state index contributed by atoms with van der Waals surface area (Å²) in [6.07, 6.45) is 8.68. The zero-order chi connectivity index (χ0) is 20.1. The Balaban J connectivity index is 1.56. The second kappa shape index (κ2) is 6.87. The molecule has 2 aliphatic rings. The highest BCUT2D eigenvalue weighted by Crippen LogP contribution is 2.34. The van der Waals surface area contributed by atoms with Crippen molar-refractivity contribution in [1.29, 1.82) is 0 Å². The van der Waals surface area contributed by atoms with Crippen LogP contribution in [0, 0.1) is 0 Å². The van der Waals surface area contributed by atoms with E-state index in [1.54, 1.807) is 11.6 Å². The van der Waals surface area contributed by atoms with Crippen LogP contribution in [-0.4, -0.2) is 14.3 Å². The Hall–Kier alpha value is -2.89. The Bertz CT molecular complexity index is 1220. The van der Waals surface area contributed by atoms with E-state index in [0.717, 1.165) is 19.3 Å². The van der Waals surface area contributed by atoms with Crippen molar-refractivity contribution in [3.63, 3.8) is 0 Å². The van der Waals surface area contributed by atoms with Gasteiger partial charge in [-0.3, -0.25) is 9.59 Å². The lowest BCUT2D eigenvalue weighted by molar-refractivity contribution is 0.681. The molecule has 1 atom stereocenters. The molecule has 0 unspecified atom stereocenters. The fourth-order valence-electron chi connectivity index (χ4n) is 4.39. The van der Waals surface area contributed by atoms with E-state index in [4.69, 9.17) is 0 Å². The van der Waals surface area contributed by atoms with Crippen LogP contribution in [0.1, 0.15) is 61.4 Å². The lowest BCUT2D eigenvalue weighted by atomic mass is 9.89. The van der Waals surface area contributed by atoms with Crippen molar-refractivity contribution < 1.29 is 0 Å². The number of benzene rings is 1. The fraction of sp³-hybridized carbons (Fsp3) is 0.435. The minimum Gasteiger partial charge on any atom is -0.362 e. The molecule has 5 rings (SSSR count). The summed E-state index contributed by atoms with van der Waals surface area (Å²) in [5.41, 5.74) is 3.77. The van der Waals surface area contributed by atoms with Crippen LogP contribution in [0.5, 0.6) is 0 Å². The summed E-state index contributed by atoms with van der Waals surface area (Å²) in [7, 11) is 1.63. The van der Waals surface area contributed by atoms with E-state index in [0.29, 0.717) is 16.6 Å². The van der Waals surface area contributed by atoms with Gasteiger partial charge in [-0.1, -0.05) is 18.2 Å². The third-order valence-corrected chi connectivity index (χ3v) is 6.28. The van der Waals surface area contributed by atoms with Gasteiger partial charge in [-0.2, -0.15) is 5.10 Å². The molecule has 150 valence electrons. The van der Waals surface area contributed by atoms with E-state index < -0.39 is 0 Å². The summed E-state index contributed by atoms with van der Waals surface area (Å²) in [5.74, 6) is 0.640. The predicted molar refractivity (Wildman–Crippen MR) is 115 cm³/mol. The van der Waals surface area contributed by atoms with Gasteiger partial charge in [0.2, 0.25) is 0 Å². The van der Waals surface area contributed by atoms with Crippen molar-refractivity contribution >= 4 is 16.6 Å². The number of aromatic nitrogens is 3. The molecule has 2 aromatic heterocycles. The highest BCUT2D eigenvalue weighted by Gasteiger charge is 2.25. The van der Waals surface area contributed by atoms with Gasteiger partial charge in [-0.05, 0) is 62.1 Å². The Morgan fingerprint density at radius 3 is 2.59 bits per heavy atom. The number of hydrogen-bond acceptors (Lipinski definition) is 4. The van der Waals surface area contributed by atoms with Crippen molar-refractivity contribution in [3.8, 4) is 0 Å². The molecule has 2 aliphatic carbocycles. The largest absolute Gasteiger partial charge is 0.362 e. The summed E-state index contributed by atoms with van der Waals surface area (Å²) in [6, 6.07) is 8.49. The van der Waals surface area contributed by atoms with E-state index in [2.05, 4.69) is 35.5 Å². The molecule has 1 N–H and O–H groups in total. The second-order valence-electron chi connectivity index (χ2n) is 8.46. The van der Waals surface area contributed by atoms with E-state index >= 15 is 0 Å². The summed E-state index contributed by atoms with van der Waals surface area (Å²) in [6.45, 7) is 2.11. The average molecular weight is 390 g/mol. The number of fused-ring (bicyclic) bond motifs is 2. The summed E-state index contributed by atoms with van der Waals surface area (Å²) in [4.78, 5) is 25.0. The zero-order valence-corrected chi connectivity index (χ0v) is 16.9. The van der Waals surface area contributed by atoms with Gasteiger partial charge in [-0.25, -0.2) is 4.68 Å². The first-order chi connectivity index (χ1) is 14.0. The summed E-state index contributed by atoms with van der Waals surface area (Å²) < 4.78 is 3.06. The van der Waals surface area contributed by atoms with Gasteiger partial charge in [0.25, 0.3) is 11.1 Å². The van der Waals surface area contributed by atoms with Crippen LogP contribution in [0.15, 0.2) is 40.1 Å². The van der Waals surface area contributed by atoms with Crippen molar-refractivity contribution in [2.24, 2.45) is 7.05 Å². The van der Waals surface area contributed by atoms with Crippen LogP contribution in [0.4, 0.5) is 5.82 Å². The van der Waals surface area contributed by atoms with Gasteiger partial charge in [0.1, 0.15) is 0 Å². The van der Waals surface area contributed by atoms with Gasteiger partial charge < -0.3 is 9.88 Å². The molecule has 0 amide bonds. The first kappa shape index (κ1) is 18.2. The summed E-state index contributed by atoms with van der Waals surface area (Å²) in [5, 5.41) is 9.11. The van der Waals surface area contributed by atoms with Crippen LogP contribution >= 0.6 is 0 Å². The molecule has 29 heavy (non-hydrogen) atoms. The standard InChI is InChI=1S/C23H26N4O2/c1-14(16-8-7-15-5-3-4-6-17(15)11-16)24-22-20-13-27(18-9-10-18)21(28)12-19(20)23(29)26(2)25-22/h7-8,11-14,18H,3-6,9-10H2,1-2H3,(H,24,25)/t14-/m1/s1. The Labute approximate surface area is 169 Å². The van der Waals surface area contributed by atoms with Crippen LogP contribution < -0.4 is 16.4 Å². The van der Waals surface area contributed by atoms with Crippen molar-refractivity contribution in [1.82, 2.24) is 14.3 Å². The molecular formula is C23H26N4O2. The zero-order valence-electron chi connectivity index (χ0n) is 16.9. The van der Waals surface area contributed by atoms with Crippen LogP contribution in [0.3, 0.4) is 0 Å². The lowest BCUT2D eigenvalue weighted by Crippen LogP contribution is -2.26. The number of nitrogens with one attached hydrogen (secondary N) is 1. The van der Waals surface area contributed by atoms with Crippen molar-refractivity contribution in [2.75, 3.05) is 5.32 Å². The molecule has 1 aromatic carbocycles. The number of anilines is 1. The van der Waals surface area contributed by atoms with Crippen LogP contribution in [-0.2, 0) is 19.9 Å². The predicted octanol–water partition coefficient (Wildman–Crippen LogP) is 3.48. The maximum Gasteiger partial charge on any atom is 0.274 e. The summed E-state index contributed by atoms with van der Waals surface area (Å²) >= 11 is 0. The number of pyridine rings is 1. The minimum absolute atomic E-state index is 0.0386. The van der Waals surface area contributed by atoms with Crippen molar-refractivity contribution in [2.45, 2.75) is 57.5 Å². The maximum absolute atomic E-state index is 12.6. The molecule has 0 aliphatic heterocycles. The van der Waals surface area contributed by atoms with Crippen LogP contribution in [0.2, 0.25) is 0 Å². The number of hydrogen-bond donors (Lipinski definition) is 1. The normalized spacial score (nSPS) is 17.2. The Morgan fingerprint density at radius 1 is 1.07 bits per heavy atom. The molecule has 0 radical (unpaired) electrons. The Kier molecular flexibility index (Phi) is 4.30. The first-order valence-corrected chi connectivity index (χ1v) is 10.5. The molecule has 0 saturated heterocycles. The Morgan fingerprint density at radius 2 is 1.83 bits per heavy atom. The SMILES string of the molecule is C[C@@H](Nc1nn(C)c(=O)c2cc(=O)n(C3CC3)cc12)c1ccc2c(c1)CCCC2. The molecule has 6 nitrogen and oxygen atoms in total. The van der Waals surface area contributed by atoms with Crippen molar-refractivity contribution in [3.05, 3.63) is 67.9 Å². The second-order valence-corrected chi connectivity index (χ2v) is 8.46. The van der Waals surface area contributed by atoms with Gasteiger partial charge in [-0.15, -0.1) is 0 Å². The molecule has 1 saturated carbocycles. The topological polar surface area (TPSA) is 68.9 Å². The van der Waals surface area contributed by atoms with Gasteiger partial charge in [0.15, 0.2) is 5.82 Å². The molecule has 0 spiro atoms. The molecule has 0 bridgehead atoms. The van der Waals surface area contributed by atoms with Gasteiger partial charge in [0, 0.05) is 30.7 Å². The molecular weight excluding hydrogens is 364 g/mol. The van der Waals surface area contributed by atoms with E-state index in [-0.39, 0.29) is 23.2 Å². The highest BCUT2D eigenvalue weighted by atomic mass is 16.1. The third kappa shape index (κ3) is 3.26.